The van der Waals surface area contributed by atoms with Crippen LogP contribution in [0.4, 0.5) is 11.9 Å². The largest absolute Gasteiger partial charge is 0.354 e. The Morgan fingerprint density at radius 1 is 1.06 bits per heavy atom. The number of hydrogen-bond acceptors (Lipinski definition) is 5. The van der Waals surface area contributed by atoms with Gasteiger partial charge in [0.05, 0.1) is 0 Å². The highest BCUT2D eigenvalue weighted by atomic mass is 35.5. The number of nitrogens with zero attached hydrogens (tertiary/aromatic N) is 4. The minimum absolute atomic E-state index is 0.241. The molecule has 0 radical (unpaired) electrons. The standard InChI is InChI=1S/C12H22ClN5/c1-4-7-8-9-14-11-15-10(13)16-12(17-11)18(5-2)6-3/h4-9H2,1-3H3,(H,14,15,16,17). The lowest BCUT2D eigenvalue weighted by atomic mass is 10.2. The Balaban J connectivity index is 2.68. The second-order valence-corrected chi connectivity index (χ2v) is 4.37. The van der Waals surface area contributed by atoms with E-state index < -0.39 is 0 Å². The number of nitrogens with one attached hydrogen (secondary N) is 1. The molecule has 1 rings (SSSR count). The van der Waals surface area contributed by atoms with Gasteiger partial charge >= 0.3 is 0 Å². The van der Waals surface area contributed by atoms with Gasteiger partial charge < -0.3 is 10.2 Å². The first-order valence-corrected chi connectivity index (χ1v) is 6.99. The summed E-state index contributed by atoms with van der Waals surface area (Å²) in [4.78, 5) is 14.7. The molecule has 0 saturated heterocycles. The zero-order valence-corrected chi connectivity index (χ0v) is 12.2. The average molecular weight is 272 g/mol. The minimum atomic E-state index is 0.241. The zero-order chi connectivity index (χ0) is 13.4. The van der Waals surface area contributed by atoms with Crippen LogP contribution in [0, 0.1) is 0 Å². The summed E-state index contributed by atoms with van der Waals surface area (Å²) < 4.78 is 0. The van der Waals surface area contributed by atoms with E-state index in [1.165, 1.54) is 12.8 Å². The summed E-state index contributed by atoms with van der Waals surface area (Å²) in [5, 5.41) is 3.43. The fraction of sp³-hybridized carbons (Fsp3) is 0.750. The number of unbranched alkanes of at least 4 members (excludes halogenated alkanes) is 2. The van der Waals surface area contributed by atoms with Gasteiger partial charge in [-0.25, -0.2) is 0 Å². The van der Waals surface area contributed by atoms with E-state index in [1.54, 1.807) is 0 Å². The molecule has 1 aromatic rings. The molecule has 0 bridgehead atoms. The van der Waals surface area contributed by atoms with Crippen molar-refractivity contribution in [2.75, 3.05) is 29.9 Å². The fourth-order valence-corrected chi connectivity index (χ4v) is 1.80. The van der Waals surface area contributed by atoms with Crippen molar-refractivity contribution in [3.63, 3.8) is 0 Å². The van der Waals surface area contributed by atoms with Gasteiger partial charge in [0.2, 0.25) is 17.2 Å². The predicted molar refractivity (Wildman–Crippen MR) is 76.4 cm³/mol. The van der Waals surface area contributed by atoms with Gasteiger partial charge in [0, 0.05) is 19.6 Å². The Hall–Kier alpha value is -1.10. The van der Waals surface area contributed by atoms with Gasteiger partial charge in [-0.15, -0.1) is 0 Å². The molecule has 0 aromatic carbocycles. The van der Waals surface area contributed by atoms with Crippen LogP contribution in [-0.2, 0) is 0 Å². The van der Waals surface area contributed by atoms with E-state index in [0.717, 1.165) is 26.1 Å². The van der Waals surface area contributed by atoms with E-state index in [4.69, 9.17) is 11.6 Å². The monoisotopic (exact) mass is 271 g/mol. The second kappa shape index (κ2) is 8.08. The minimum Gasteiger partial charge on any atom is -0.354 e. The SMILES string of the molecule is CCCCCNc1nc(Cl)nc(N(CC)CC)n1. The molecular formula is C12H22ClN5. The molecule has 0 aliphatic carbocycles. The van der Waals surface area contributed by atoms with Crippen molar-refractivity contribution in [1.29, 1.82) is 0 Å². The molecule has 18 heavy (non-hydrogen) atoms. The second-order valence-electron chi connectivity index (χ2n) is 4.03. The van der Waals surface area contributed by atoms with E-state index in [9.17, 15) is 0 Å². The van der Waals surface area contributed by atoms with Gasteiger partial charge in [-0.3, -0.25) is 0 Å². The molecule has 0 aliphatic heterocycles. The molecule has 0 fully saturated rings. The molecule has 0 saturated carbocycles. The normalized spacial score (nSPS) is 10.4. The van der Waals surface area contributed by atoms with Crippen LogP contribution < -0.4 is 10.2 Å². The molecule has 6 heteroatoms. The Labute approximate surface area is 114 Å². The Morgan fingerprint density at radius 3 is 2.39 bits per heavy atom. The van der Waals surface area contributed by atoms with Gasteiger partial charge in [0.1, 0.15) is 0 Å². The fourth-order valence-electron chi connectivity index (χ4n) is 1.64. The number of hydrogen-bond donors (Lipinski definition) is 1. The quantitative estimate of drug-likeness (QED) is 0.737. The highest BCUT2D eigenvalue weighted by Crippen LogP contribution is 2.13. The van der Waals surface area contributed by atoms with Crippen LogP contribution in [0.5, 0.6) is 0 Å². The van der Waals surface area contributed by atoms with Gasteiger partial charge in [-0.1, -0.05) is 19.8 Å². The van der Waals surface area contributed by atoms with E-state index in [-0.39, 0.29) is 5.28 Å². The predicted octanol–water partition coefficient (Wildman–Crippen LogP) is 2.97. The van der Waals surface area contributed by atoms with Crippen molar-refractivity contribution in [1.82, 2.24) is 15.0 Å². The summed E-state index contributed by atoms with van der Waals surface area (Å²) in [6.07, 6.45) is 3.51. The third-order valence-electron chi connectivity index (χ3n) is 2.71. The summed E-state index contributed by atoms with van der Waals surface area (Å²) in [7, 11) is 0. The van der Waals surface area contributed by atoms with Gasteiger partial charge in [0.25, 0.3) is 0 Å². The third kappa shape index (κ3) is 4.64. The van der Waals surface area contributed by atoms with Crippen LogP contribution in [0.25, 0.3) is 0 Å². The Morgan fingerprint density at radius 2 is 1.78 bits per heavy atom. The summed E-state index contributed by atoms with van der Waals surface area (Å²) in [5.74, 6) is 1.20. The topological polar surface area (TPSA) is 53.9 Å². The Kier molecular flexibility index (Phi) is 6.72. The average Bonchev–Trinajstić information content (AvgIpc) is 2.36. The smallest absolute Gasteiger partial charge is 0.231 e. The molecule has 0 unspecified atom stereocenters. The van der Waals surface area contributed by atoms with Crippen LogP contribution in [0.1, 0.15) is 40.0 Å². The number of aromatic nitrogens is 3. The molecule has 0 amide bonds. The molecular weight excluding hydrogens is 250 g/mol. The molecule has 1 aromatic heterocycles. The Bertz CT molecular complexity index is 354. The van der Waals surface area contributed by atoms with Crippen LogP contribution >= 0.6 is 11.6 Å². The first kappa shape index (κ1) is 15.0. The van der Waals surface area contributed by atoms with Crippen LogP contribution in [0.15, 0.2) is 0 Å². The molecule has 102 valence electrons. The molecule has 5 nitrogen and oxygen atoms in total. The number of anilines is 2. The third-order valence-corrected chi connectivity index (χ3v) is 2.88. The summed E-state index contributed by atoms with van der Waals surface area (Å²) in [6.45, 7) is 8.88. The maximum Gasteiger partial charge on any atom is 0.231 e. The first-order valence-electron chi connectivity index (χ1n) is 6.61. The van der Waals surface area contributed by atoms with Crippen molar-refractivity contribution in [3.8, 4) is 0 Å². The van der Waals surface area contributed by atoms with Crippen LogP contribution in [-0.4, -0.2) is 34.6 Å². The van der Waals surface area contributed by atoms with Crippen LogP contribution in [0.2, 0.25) is 5.28 Å². The van der Waals surface area contributed by atoms with Gasteiger partial charge in [-0.2, -0.15) is 15.0 Å². The lowest BCUT2D eigenvalue weighted by Crippen LogP contribution is -2.25. The van der Waals surface area contributed by atoms with Crippen molar-refractivity contribution < 1.29 is 0 Å². The summed E-state index contributed by atoms with van der Waals surface area (Å²) in [6, 6.07) is 0. The highest BCUT2D eigenvalue weighted by molar-refractivity contribution is 6.28. The lowest BCUT2D eigenvalue weighted by molar-refractivity contribution is 0.738. The molecule has 0 aliphatic rings. The van der Waals surface area contributed by atoms with E-state index in [0.29, 0.717) is 11.9 Å². The van der Waals surface area contributed by atoms with Crippen molar-refractivity contribution in [2.24, 2.45) is 0 Å². The highest BCUT2D eigenvalue weighted by Gasteiger charge is 2.09. The van der Waals surface area contributed by atoms with E-state index in [2.05, 4.69) is 41.0 Å². The van der Waals surface area contributed by atoms with Crippen molar-refractivity contribution in [3.05, 3.63) is 5.28 Å². The first-order chi connectivity index (χ1) is 8.71. The van der Waals surface area contributed by atoms with Crippen molar-refractivity contribution in [2.45, 2.75) is 40.0 Å². The number of rotatable bonds is 8. The van der Waals surface area contributed by atoms with Crippen LogP contribution in [0.3, 0.4) is 0 Å². The maximum atomic E-state index is 5.92. The molecule has 0 atom stereocenters. The van der Waals surface area contributed by atoms with Gasteiger partial charge in [0.15, 0.2) is 0 Å². The maximum absolute atomic E-state index is 5.92. The number of halogens is 1. The van der Waals surface area contributed by atoms with E-state index >= 15 is 0 Å². The zero-order valence-electron chi connectivity index (χ0n) is 11.4. The molecule has 1 heterocycles. The van der Waals surface area contributed by atoms with Gasteiger partial charge in [-0.05, 0) is 31.9 Å². The summed E-state index contributed by atoms with van der Waals surface area (Å²) >= 11 is 5.92. The molecule has 0 spiro atoms. The summed E-state index contributed by atoms with van der Waals surface area (Å²) in [5.41, 5.74) is 0. The van der Waals surface area contributed by atoms with E-state index in [1.807, 2.05) is 4.90 Å². The lowest BCUT2D eigenvalue weighted by Gasteiger charge is -2.18. The van der Waals surface area contributed by atoms with Crippen molar-refractivity contribution >= 4 is 23.5 Å². The molecule has 1 N–H and O–H groups in total.